The minimum absolute atomic E-state index is 0.175. The van der Waals surface area contributed by atoms with E-state index in [1.54, 1.807) is 72.8 Å². The van der Waals surface area contributed by atoms with E-state index in [4.69, 9.17) is 9.47 Å². The number of fused-ring (bicyclic) bond motifs is 1. The van der Waals surface area contributed by atoms with Gasteiger partial charge in [0.25, 0.3) is 5.91 Å². The zero-order valence-electron chi connectivity index (χ0n) is 16.2. The van der Waals surface area contributed by atoms with E-state index in [9.17, 15) is 19.6 Å². The molecule has 0 N–H and O–H groups in total. The summed E-state index contributed by atoms with van der Waals surface area (Å²) in [5.41, 5.74) is -1.60. The summed E-state index contributed by atoms with van der Waals surface area (Å²) in [6, 6.07) is 24.7. The highest BCUT2D eigenvalue weighted by molar-refractivity contribution is 6.29. The first-order chi connectivity index (χ1) is 15.1. The van der Waals surface area contributed by atoms with Gasteiger partial charge in [-0.1, -0.05) is 54.6 Å². The summed E-state index contributed by atoms with van der Waals surface area (Å²) in [5, 5.41) is 9.47. The highest BCUT2D eigenvalue weighted by atomic mass is 16.6. The average Bonchev–Trinajstić information content (AvgIpc) is 3.04. The number of benzene rings is 3. The molecule has 152 valence electrons. The fourth-order valence-electron chi connectivity index (χ4n) is 3.50. The number of para-hydroxylation sites is 3. The summed E-state index contributed by atoms with van der Waals surface area (Å²) >= 11 is 0. The van der Waals surface area contributed by atoms with Crippen molar-refractivity contribution < 1.29 is 23.9 Å². The molecule has 0 aromatic heterocycles. The standard InChI is InChI=1S/C24H16N2O5/c25-16-15-24(22(28)30-17-9-3-1-4-10-17)19-13-7-8-14-20(19)26(21(24)27)23(29)31-18-11-5-2-6-12-18/h1-14H,15H2. The molecule has 0 aliphatic carbocycles. The molecule has 1 aliphatic heterocycles. The van der Waals surface area contributed by atoms with Gasteiger partial charge in [0, 0.05) is 5.56 Å². The Morgan fingerprint density at radius 3 is 2.00 bits per heavy atom. The van der Waals surface area contributed by atoms with E-state index in [1.807, 2.05) is 6.07 Å². The Kier molecular flexibility index (Phi) is 5.21. The van der Waals surface area contributed by atoms with Crippen molar-refractivity contribution in [2.75, 3.05) is 4.90 Å². The predicted octanol–water partition coefficient (Wildman–Crippen LogP) is 3.99. The predicted molar refractivity (Wildman–Crippen MR) is 110 cm³/mol. The highest BCUT2D eigenvalue weighted by Gasteiger charge is 2.60. The Labute approximate surface area is 178 Å². The lowest BCUT2D eigenvalue weighted by Gasteiger charge is -2.23. The number of hydrogen-bond acceptors (Lipinski definition) is 6. The maximum Gasteiger partial charge on any atom is 0.426 e. The van der Waals surface area contributed by atoms with Crippen LogP contribution in [0.1, 0.15) is 12.0 Å². The van der Waals surface area contributed by atoms with Crippen LogP contribution in [0.15, 0.2) is 84.9 Å². The zero-order chi connectivity index (χ0) is 21.8. The van der Waals surface area contributed by atoms with Gasteiger partial charge in [-0.15, -0.1) is 0 Å². The smallest absolute Gasteiger partial charge is 0.425 e. The molecule has 0 spiro atoms. The number of hydrogen-bond donors (Lipinski definition) is 0. The van der Waals surface area contributed by atoms with Crippen LogP contribution < -0.4 is 14.4 Å². The number of ether oxygens (including phenoxy) is 2. The maximum absolute atomic E-state index is 13.5. The van der Waals surface area contributed by atoms with E-state index >= 15 is 0 Å². The lowest BCUT2D eigenvalue weighted by Crippen LogP contribution is -2.50. The number of anilines is 1. The molecule has 3 aromatic rings. The van der Waals surface area contributed by atoms with E-state index in [1.165, 1.54) is 12.1 Å². The van der Waals surface area contributed by atoms with Crippen LogP contribution in [0.25, 0.3) is 0 Å². The van der Waals surface area contributed by atoms with Gasteiger partial charge < -0.3 is 9.47 Å². The highest BCUT2D eigenvalue weighted by Crippen LogP contribution is 2.45. The fourth-order valence-corrected chi connectivity index (χ4v) is 3.50. The third-order valence-electron chi connectivity index (χ3n) is 4.95. The van der Waals surface area contributed by atoms with Crippen molar-refractivity contribution in [2.45, 2.75) is 11.8 Å². The first kappa shape index (κ1) is 19.9. The summed E-state index contributed by atoms with van der Waals surface area (Å²) in [6.07, 6.45) is -1.47. The topological polar surface area (TPSA) is 96.7 Å². The molecular formula is C24H16N2O5. The van der Waals surface area contributed by atoms with Crippen LogP contribution in [0.2, 0.25) is 0 Å². The minimum atomic E-state index is -1.99. The molecular weight excluding hydrogens is 396 g/mol. The van der Waals surface area contributed by atoms with E-state index in [-0.39, 0.29) is 22.7 Å². The molecule has 0 saturated heterocycles. The monoisotopic (exact) mass is 412 g/mol. The number of nitriles is 1. The summed E-state index contributed by atoms with van der Waals surface area (Å²) in [7, 11) is 0. The van der Waals surface area contributed by atoms with Crippen LogP contribution in [0.3, 0.4) is 0 Å². The Morgan fingerprint density at radius 2 is 1.39 bits per heavy atom. The SMILES string of the molecule is N#CCC1(C(=O)Oc2ccccc2)C(=O)N(C(=O)Oc2ccccc2)c2ccccc21. The lowest BCUT2D eigenvalue weighted by atomic mass is 9.79. The number of amides is 2. The van der Waals surface area contributed by atoms with Crippen molar-refractivity contribution in [3.05, 3.63) is 90.5 Å². The molecule has 3 aromatic carbocycles. The van der Waals surface area contributed by atoms with Gasteiger partial charge in [-0.05, 0) is 30.3 Å². The number of rotatable bonds is 4. The minimum Gasteiger partial charge on any atom is -0.425 e. The van der Waals surface area contributed by atoms with E-state index < -0.39 is 29.8 Å². The van der Waals surface area contributed by atoms with Crippen molar-refractivity contribution in [3.8, 4) is 17.6 Å². The summed E-state index contributed by atoms with van der Waals surface area (Å²) in [5.74, 6) is -1.37. The van der Waals surface area contributed by atoms with Gasteiger partial charge in [-0.3, -0.25) is 9.59 Å². The van der Waals surface area contributed by atoms with Crippen molar-refractivity contribution in [3.63, 3.8) is 0 Å². The van der Waals surface area contributed by atoms with Crippen molar-refractivity contribution in [1.29, 1.82) is 5.26 Å². The first-order valence-electron chi connectivity index (χ1n) is 9.43. The Balaban J connectivity index is 1.76. The number of carbonyl (C=O) groups is 3. The Bertz CT molecular complexity index is 1190. The zero-order valence-corrected chi connectivity index (χ0v) is 16.2. The molecule has 0 fully saturated rings. The first-order valence-corrected chi connectivity index (χ1v) is 9.43. The second-order valence-corrected chi connectivity index (χ2v) is 6.78. The van der Waals surface area contributed by atoms with E-state index in [0.29, 0.717) is 0 Å². The molecule has 4 rings (SSSR count). The summed E-state index contributed by atoms with van der Waals surface area (Å²) in [4.78, 5) is 40.5. The molecule has 1 atom stereocenters. The molecule has 7 nitrogen and oxygen atoms in total. The van der Waals surface area contributed by atoms with Crippen molar-refractivity contribution in [2.24, 2.45) is 0 Å². The molecule has 1 unspecified atom stereocenters. The molecule has 1 aliphatic rings. The quantitative estimate of drug-likeness (QED) is 0.365. The lowest BCUT2D eigenvalue weighted by molar-refractivity contribution is -0.145. The van der Waals surface area contributed by atoms with Gasteiger partial charge in [0.15, 0.2) is 5.41 Å². The second-order valence-electron chi connectivity index (χ2n) is 6.78. The van der Waals surface area contributed by atoms with E-state index in [0.717, 1.165) is 4.90 Å². The number of imide groups is 1. The number of carbonyl (C=O) groups excluding carboxylic acids is 3. The van der Waals surface area contributed by atoms with Crippen LogP contribution >= 0.6 is 0 Å². The van der Waals surface area contributed by atoms with Crippen LogP contribution in [0.5, 0.6) is 11.5 Å². The van der Waals surface area contributed by atoms with Crippen LogP contribution in [-0.4, -0.2) is 18.0 Å². The number of esters is 1. The molecule has 31 heavy (non-hydrogen) atoms. The Hall–Kier alpha value is -4.44. The van der Waals surface area contributed by atoms with Gasteiger partial charge in [0.05, 0.1) is 18.2 Å². The van der Waals surface area contributed by atoms with Gasteiger partial charge >= 0.3 is 12.1 Å². The van der Waals surface area contributed by atoms with Gasteiger partial charge in [0.2, 0.25) is 0 Å². The van der Waals surface area contributed by atoms with Crippen LogP contribution in [-0.2, 0) is 15.0 Å². The molecule has 0 radical (unpaired) electrons. The summed E-state index contributed by atoms with van der Waals surface area (Å²) < 4.78 is 10.8. The molecule has 0 saturated carbocycles. The third-order valence-corrected chi connectivity index (χ3v) is 4.95. The molecule has 7 heteroatoms. The largest absolute Gasteiger partial charge is 0.426 e. The number of nitrogens with zero attached hydrogens (tertiary/aromatic N) is 2. The molecule has 2 amide bonds. The average molecular weight is 412 g/mol. The molecule has 1 heterocycles. The third kappa shape index (κ3) is 3.40. The van der Waals surface area contributed by atoms with Gasteiger partial charge in [0.1, 0.15) is 11.5 Å². The fraction of sp³-hybridized carbons (Fsp3) is 0.0833. The Morgan fingerprint density at radius 1 is 0.839 bits per heavy atom. The van der Waals surface area contributed by atoms with Crippen molar-refractivity contribution in [1.82, 2.24) is 0 Å². The second kappa shape index (κ2) is 8.13. The van der Waals surface area contributed by atoms with Crippen LogP contribution in [0, 0.1) is 11.3 Å². The molecule has 0 bridgehead atoms. The maximum atomic E-state index is 13.5. The van der Waals surface area contributed by atoms with Crippen molar-refractivity contribution >= 4 is 23.7 Å². The van der Waals surface area contributed by atoms with E-state index in [2.05, 4.69) is 0 Å². The van der Waals surface area contributed by atoms with Gasteiger partial charge in [-0.25, -0.2) is 9.69 Å². The normalized spacial score (nSPS) is 16.9. The van der Waals surface area contributed by atoms with Crippen LogP contribution in [0.4, 0.5) is 10.5 Å². The van der Waals surface area contributed by atoms with Gasteiger partial charge in [-0.2, -0.15) is 5.26 Å². The summed E-state index contributed by atoms with van der Waals surface area (Å²) in [6.45, 7) is 0.